The summed E-state index contributed by atoms with van der Waals surface area (Å²) in [5.74, 6) is 0. The lowest BCUT2D eigenvalue weighted by atomic mass is 10.9. The molecule has 0 saturated heterocycles. The molecule has 0 rings (SSSR count). The fourth-order valence-corrected chi connectivity index (χ4v) is 0.387. The minimum Gasteiger partial charge on any atom is -0.435 e. The third-order valence-corrected chi connectivity index (χ3v) is 0.795. The van der Waals surface area contributed by atoms with E-state index in [2.05, 4.69) is 25.5 Å². The van der Waals surface area contributed by atoms with E-state index in [0.29, 0.717) is 0 Å². The third kappa shape index (κ3) is 6.67. The molecule has 0 aliphatic heterocycles. The van der Waals surface area contributed by atoms with Crippen LogP contribution in [0.3, 0.4) is 0 Å². The van der Waals surface area contributed by atoms with Crippen LogP contribution >= 0.6 is 0 Å². The first-order valence-electron chi connectivity index (χ1n) is 3.44. The first kappa shape index (κ1) is 11.3. The van der Waals surface area contributed by atoms with Gasteiger partial charge in [-0.3, -0.25) is 0 Å². The summed E-state index contributed by atoms with van der Waals surface area (Å²) in [5, 5.41) is 0. The molecule has 0 fully saturated rings. The zero-order chi connectivity index (χ0) is 10.1. The SMILES string of the molecule is C=COC(=O)OCOC(=O)OCC. The first-order valence-corrected chi connectivity index (χ1v) is 3.44. The van der Waals surface area contributed by atoms with Gasteiger partial charge >= 0.3 is 12.3 Å². The summed E-state index contributed by atoms with van der Waals surface area (Å²) in [7, 11) is 0. The average Bonchev–Trinajstić information content (AvgIpc) is 2.05. The van der Waals surface area contributed by atoms with Gasteiger partial charge in [0, 0.05) is 0 Å². The van der Waals surface area contributed by atoms with Crippen LogP contribution in [0.15, 0.2) is 12.8 Å². The largest absolute Gasteiger partial charge is 0.516 e. The van der Waals surface area contributed by atoms with Crippen molar-refractivity contribution in [3.05, 3.63) is 12.8 Å². The highest BCUT2D eigenvalue weighted by molar-refractivity contribution is 5.61. The second-order valence-corrected chi connectivity index (χ2v) is 1.62. The Morgan fingerprint density at radius 1 is 1.23 bits per heavy atom. The van der Waals surface area contributed by atoms with E-state index in [9.17, 15) is 9.59 Å². The lowest BCUT2D eigenvalue weighted by Crippen LogP contribution is -2.13. The molecular weight excluding hydrogens is 180 g/mol. The molecule has 6 nitrogen and oxygen atoms in total. The van der Waals surface area contributed by atoms with Gasteiger partial charge in [-0.2, -0.15) is 0 Å². The molecule has 0 unspecified atom stereocenters. The monoisotopic (exact) mass is 190 g/mol. The molecule has 74 valence electrons. The van der Waals surface area contributed by atoms with Crippen LogP contribution in [0.25, 0.3) is 0 Å². The van der Waals surface area contributed by atoms with Crippen molar-refractivity contribution >= 4 is 12.3 Å². The molecule has 6 heteroatoms. The Morgan fingerprint density at radius 2 is 1.85 bits per heavy atom. The van der Waals surface area contributed by atoms with Crippen molar-refractivity contribution in [1.29, 1.82) is 0 Å². The van der Waals surface area contributed by atoms with Crippen molar-refractivity contribution in [2.24, 2.45) is 0 Å². The highest BCUT2D eigenvalue weighted by Gasteiger charge is 2.05. The van der Waals surface area contributed by atoms with Crippen LogP contribution in [0.2, 0.25) is 0 Å². The molecule has 0 heterocycles. The third-order valence-electron chi connectivity index (χ3n) is 0.795. The average molecular weight is 190 g/mol. The predicted octanol–water partition coefficient (Wildman–Crippen LogP) is 1.41. The van der Waals surface area contributed by atoms with Crippen molar-refractivity contribution < 1.29 is 28.5 Å². The van der Waals surface area contributed by atoms with Crippen LogP contribution in [0.1, 0.15) is 6.92 Å². The Hall–Kier alpha value is -1.72. The molecule has 0 aromatic rings. The molecule has 0 N–H and O–H groups in total. The van der Waals surface area contributed by atoms with E-state index >= 15 is 0 Å². The van der Waals surface area contributed by atoms with Gasteiger partial charge in [0.2, 0.25) is 6.79 Å². The quantitative estimate of drug-likeness (QED) is 0.379. The summed E-state index contributed by atoms with van der Waals surface area (Å²) in [5.41, 5.74) is 0. The maximum absolute atomic E-state index is 10.5. The van der Waals surface area contributed by atoms with E-state index in [1.54, 1.807) is 6.92 Å². The number of carbonyl (C=O) groups is 2. The maximum Gasteiger partial charge on any atom is 0.516 e. The normalized spacial score (nSPS) is 8.38. The smallest absolute Gasteiger partial charge is 0.435 e. The lowest BCUT2D eigenvalue weighted by Gasteiger charge is -2.03. The number of carbonyl (C=O) groups excluding carboxylic acids is 2. The maximum atomic E-state index is 10.5. The molecule has 0 aromatic carbocycles. The molecule has 0 aliphatic rings. The van der Waals surface area contributed by atoms with Crippen LogP contribution in [0.5, 0.6) is 0 Å². The molecule has 0 amide bonds. The highest BCUT2D eigenvalue weighted by Crippen LogP contribution is 1.89. The zero-order valence-electron chi connectivity index (χ0n) is 7.15. The molecule has 0 atom stereocenters. The van der Waals surface area contributed by atoms with Gasteiger partial charge < -0.3 is 18.9 Å². The Bertz CT molecular complexity index is 187. The van der Waals surface area contributed by atoms with Crippen LogP contribution in [0.4, 0.5) is 9.59 Å². The fourth-order valence-electron chi connectivity index (χ4n) is 0.387. The van der Waals surface area contributed by atoms with Gasteiger partial charge in [-0.15, -0.1) is 0 Å². The van der Waals surface area contributed by atoms with Gasteiger partial charge in [0.15, 0.2) is 0 Å². The van der Waals surface area contributed by atoms with Crippen molar-refractivity contribution in [1.82, 2.24) is 0 Å². The van der Waals surface area contributed by atoms with E-state index in [-0.39, 0.29) is 6.61 Å². The summed E-state index contributed by atoms with van der Waals surface area (Å²) in [6.07, 6.45) is -1.01. The van der Waals surface area contributed by atoms with Crippen molar-refractivity contribution in [3.63, 3.8) is 0 Å². The first-order chi connectivity index (χ1) is 6.20. The van der Waals surface area contributed by atoms with Crippen LogP contribution < -0.4 is 0 Å². The Labute approximate surface area is 75.0 Å². The Morgan fingerprint density at radius 3 is 2.38 bits per heavy atom. The van der Waals surface area contributed by atoms with Crippen molar-refractivity contribution in [3.8, 4) is 0 Å². The van der Waals surface area contributed by atoms with E-state index in [4.69, 9.17) is 0 Å². The summed E-state index contributed by atoms with van der Waals surface area (Å²) in [6.45, 7) is 4.38. The molecule has 0 bridgehead atoms. The van der Waals surface area contributed by atoms with Crippen LogP contribution in [-0.4, -0.2) is 25.7 Å². The van der Waals surface area contributed by atoms with Gasteiger partial charge in [-0.1, -0.05) is 6.58 Å². The number of rotatable bonds is 4. The van der Waals surface area contributed by atoms with Gasteiger partial charge in [-0.25, -0.2) is 9.59 Å². The summed E-state index contributed by atoms with van der Waals surface area (Å²) >= 11 is 0. The Balaban J connectivity index is 3.38. The zero-order valence-corrected chi connectivity index (χ0v) is 7.15. The van der Waals surface area contributed by atoms with Crippen molar-refractivity contribution in [2.45, 2.75) is 6.92 Å². The standard InChI is InChI=1S/C7H10O6/c1-3-10-6(8)12-5-13-7(9)11-4-2/h3H,1,4-5H2,2H3. The van der Waals surface area contributed by atoms with Gasteiger partial charge in [-0.05, 0) is 6.92 Å². The number of ether oxygens (including phenoxy) is 4. The molecule has 13 heavy (non-hydrogen) atoms. The fraction of sp³-hybridized carbons (Fsp3) is 0.429. The summed E-state index contributed by atoms with van der Waals surface area (Å²) in [4.78, 5) is 20.9. The second-order valence-electron chi connectivity index (χ2n) is 1.62. The minimum absolute atomic E-state index is 0.190. The van der Waals surface area contributed by atoms with Gasteiger partial charge in [0.25, 0.3) is 0 Å². The molecular formula is C7H10O6. The van der Waals surface area contributed by atoms with Gasteiger partial charge in [0.1, 0.15) is 0 Å². The minimum atomic E-state index is -1.00. The topological polar surface area (TPSA) is 71.1 Å². The molecule has 0 aromatic heterocycles. The van der Waals surface area contributed by atoms with E-state index < -0.39 is 19.1 Å². The van der Waals surface area contributed by atoms with E-state index in [1.165, 1.54) is 0 Å². The van der Waals surface area contributed by atoms with Crippen LogP contribution in [0, 0.1) is 0 Å². The lowest BCUT2D eigenvalue weighted by molar-refractivity contribution is -0.0289. The highest BCUT2D eigenvalue weighted by atomic mass is 16.8. The Kier molecular flexibility index (Phi) is 6.04. The summed E-state index contributed by atoms with van der Waals surface area (Å²) < 4.78 is 17.0. The number of hydrogen-bond acceptors (Lipinski definition) is 6. The molecule has 0 aliphatic carbocycles. The molecule has 0 radical (unpaired) electrons. The molecule has 0 spiro atoms. The number of hydrogen-bond donors (Lipinski definition) is 0. The predicted molar refractivity (Wildman–Crippen MR) is 40.7 cm³/mol. The van der Waals surface area contributed by atoms with Crippen LogP contribution in [-0.2, 0) is 18.9 Å². The van der Waals surface area contributed by atoms with E-state index in [0.717, 1.165) is 6.26 Å². The second kappa shape index (κ2) is 6.96. The van der Waals surface area contributed by atoms with E-state index in [1.807, 2.05) is 0 Å². The summed E-state index contributed by atoms with van der Waals surface area (Å²) in [6, 6.07) is 0. The van der Waals surface area contributed by atoms with Gasteiger partial charge in [0.05, 0.1) is 12.9 Å². The molecule has 0 saturated carbocycles. The van der Waals surface area contributed by atoms with Crippen molar-refractivity contribution in [2.75, 3.05) is 13.4 Å².